The standard InChI is InChI=1S/C10H15N3O3/c1-13-6-8(11)9(12-13)10(14)16-7-2-4-15-5-3-7/h6-7H,2-5,11H2,1H3. The number of hydrogen-bond donors (Lipinski definition) is 1. The highest BCUT2D eigenvalue weighted by Gasteiger charge is 2.22. The Balaban J connectivity index is 1.99. The van der Waals surface area contributed by atoms with Crippen molar-refractivity contribution in [3.63, 3.8) is 0 Å². The molecule has 88 valence electrons. The van der Waals surface area contributed by atoms with Crippen molar-refractivity contribution in [2.45, 2.75) is 18.9 Å². The van der Waals surface area contributed by atoms with Crippen molar-refractivity contribution in [1.29, 1.82) is 0 Å². The summed E-state index contributed by atoms with van der Waals surface area (Å²) in [7, 11) is 1.71. The topological polar surface area (TPSA) is 79.4 Å². The third kappa shape index (κ3) is 2.33. The number of carbonyl (C=O) groups excluding carboxylic acids is 1. The number of aromatic nitrogens is 2. The van der Waals surface area contributed by atoms with Crippen molar-refractivity contribution >= 4 is 11.7 Å². The average molecular weight is 225 g/mol. The molecule has 1 aromatic rings. The number of anilines is 1. The maximum Gasteiger partial charge on any atom is 0.361 e. The zero-order chi connectivity index (χ0) is 11.5. The summed E-state index contributed by atoms with van der Waals surface area (Å²) in [5.74, 6) is -0.454. The fourth-order valence-electron chi connectivity index (χ4n) is 1.67. The number of rotatable bonds is 2. The van der Waals surface area contributed by atoms with Gasteiger partial charge >= 0.3 is 5.97 Å². The van der Waals surface area contributed by atoms with E-state index in [-0.39, 0.29) is 11.8 Å². The molecule has 0 spiro atoms. The monoisotopic (exact) mass is 225 g/mol. The Morgan fingerprint density at radius 1 is 1.62 bits per heavy atom. The minimum absolute atomic E-state index is 0.0809. The van der Waals surface area contributed by atoms with Gasteiger partial charge in [-0.3, -0.25) is 4.68 Å². The van der Waals surface area contributed by atoms with E-state index in [0.717, 1.165) is 12.8 Å². The molecule has 1 aliphatic heterocycles. The SMILES string of the molecule is Cn1cc(N)c(C(=O)OC2CCOCC2)n1. The minimum Gasteiger partial charge on any atom is -0.457 e. The van der Waals surface area contributed by atoms with Crippen LogP contribution in [0.5, 0.6) is 0 Å². The molecule has 6 nitrogen and oxygen atoms in total. The number of aryl methyl sites for hydroxylation is 1. The highest BCUT2D eigenvalue weighted by atomic mass is 16.6. The Morgan fingerprint density at radius 3 is 2.88 bits per heavy atom. The number of carbonyl (C=O) groups is 1. The summed E-state index contributed by atoms with van der Waals surface area (Å²) in [6.45, 7) is 1.27. The second-order valence-electron chi connectivity index (χ2n) is 3.82. The molecule has 2 N–H and O–H groups in total. The van der Waals surface area contributed by atoms with Crippen LogP contribution in [0.1, 0.15) is 23.3 Å². The number of nitrogens with zero attached hydrogens (tertiary/aromatic N) is 2. The zero-order valence-electron chi connectivity index (χ0n) is 9.18. The number of nitrogens with two attached hydrogens (primary N) is 1. The van der Waals surface area contributed by atoms with E-state index < -0.39 is 5.97 Å². The second kappa shape index (κ2) is 4.52. The maximum absolute atomic E-state index is 11.7. The Hall–Kier alpha value is -1.56. The first kappa shape index (κ1) is 10.9. The lowest BCUT2D eigenvalue weighted by molar-refractivity contribution is -0.0163. The molecule has 0 unspecified atom stereocenters. The number of esters is 1. The first-order valence-corrected chi connectivity index (χ1v) is 5.24. The highest BCUT2D eigenvalue weighted by Crippen LogP contribution is 2.15. The van der Waals surface area contributed by atoms with Crippen molar-refractivity contribution in [2.75, 3.05) is 18.9 Å². The predicted molar refractivity (Wildman–Crippen MR) is 56.9 cm³/mol. The van der Waals surface area contributed by atoms with Crippen LogP contribution >= 0.6 is 0 Å². The van der Waals surface area contributed by atoms with Gasteiger partial charge in [-0.1, -0.05) is 0 Å². The lowest BCUT2D eigenvalue weighted by atomic mass is 10.1. The van der Waals surface area contributed by atoms with Gasteiger partial charge in [-0.25, -0.2) is 4.79 Å². The van der Waals surface area contributed by atoms with Crippen molar-refractivity contribution in [1.82, 2.24) is 9.78 Å². The third-order valence-corrected chi connectivity index (χ3v) is 2.49. The van der Waals surface area contributed by atoms with Crippen LogP contribution in [0.15, 0.2) is 6.20 Å². The van der Waals surface area contributed by atoms with Crippen LogP contribution in [-0.2, 0) is 16.5 Å². The van der Waals surface area contributed by atoms with Gasteiger partial charge < -0.3 is 15.2 Å². The average Bonchev–Trinajstić information content (AvgIpc) is 2.59. The molecular formula is C10H15N3O3. The molecule has 2 heterocycles. The number of nitrogen functional groups attached to an aromatic ring is 1. The lowest BCUT2D eigenvalue weighted by Gasteiger charge is -2.21. The first-order chi connectivity index (χ1) is 7.66. The minimum atomic E-state index is -0.454. The molecule has 0 aromatic carbocycles. The Morgan fingerprint density at radius 2 is 2.31 bits per heavy atom. The molecule has 6 heteroatoms. The first-order valence-electron chi connectivity index (χ1n) is 5.24. The molecule has 0 bridgehead atoms. The van der Waals surface area contributed by atoms with Gasteiger partial charge in [0.25, 0.3) is 0 Å². The molecule has 0 aliphatic carbocycles. The van der Waals surface area contributed by atoms with Crippen LogP contribution in [0.2, 0.25) is 0 Å². The van der Waals surface area contributed by atoms with Crippen LogP contribution in [0, 0.1) is 0 Å². The predicted octanol–water partition coefficient (Wildman–Crippen LogP) is 0.338. The van der Waals surface area contributed by atoms with Crippen LogP contribution in [0.25, 0.3) is 0 Å². The van der Waals surface area contributed by atoms with Crippen LogP contribution < -0.4 is 5.73 Å². The quantitative estimate of drug-likeness (QED) is 0.734. The van der Waals surface area contributed by atoms with E-state index in [9.17, 15) is 4.79 Å². The number of hydrogen-bond acceptors (Lipinski definition) is 5. The lowest BCUT2D eigenvalue weighted by Crippen LogP contribution is -2.26. The van der Waals surface area contributed by atoms with Crippen molar-refractivity contribution in [3.05, 3.63) is 11.9 Å². The molecule has 0 amide bonds. The van der Waals surface area contributed by atoms with Gasteiger partial charge in [-0.15, -0.1) is 0 Å². The smallest absolute Gasteiger partial charge is 0.361 e. The van der Waals surface area contributed by atoms with E-state index in [4.69, 9.17) is 15.2 Å². The van der Waals surface area contributed by atoms with E-state index in [1.807, 2.05) is 0 Å². The maximum atomic E-state index is 11.7. The van der Waals surface area contributed by atoms with Crippen molar-refractivity contribution < 1.29 is 14.3 Å². The van der Waals surface area contributed by atoms with Crippen LogP contribution in [0.4, 0.5) is 5.69 Å². The van der Waals surface area contributed by atoms with E-state index in [1.165, 1.54) is 4.68 Å². The van der Waals surface area contributed by atoms with Gasteiger partial charge in [-0.2, -0.15) is 5.10 Å². The van der Waals surface area contributed by atoms with E-state index in [0.29, 0.717) is 18.9 Å². The summed E-state index contributed by atoms with van der Waals surface area (Å²) in [6.07, 6.45) is 2.97. The summed E-state index contributed by atoms with van der Waals surface area (Å²) in [5.41, 5.74) is 6.17. The molecule has 16 heavy (non-hydrogen) atoms. The molecule has 0 radical (unpaired) electrons. The van der Waals surface area contributed by atoms with Gasteiger partial charge in [0.05, 0.1) is 18.9 Å². The van der Waals surface area contributed by atoms with Crippen molar-refractivity contribution in [3.8, 4) is 0 Å². The zero-order valence-corrected chi connectivity index (χ0v) is 9.18. The Labute approximate surface area is 93.3 Å². The summed E-state index contributed by atoms with van der Waals surface area (Å²) in [5, 5.41) is 3.96. The largest absolute Gasteiger partial charge is 0.457 e. The highest BCUT2D eigenvalue weighted by molar-refractivity contribution is 5.92. The third-order valence-electron chi connectivity index (χ3n) is 2.49. The fourth-order valence-corrected chi connectivity index (χ4v) is 1.67. The Kier molecular flexibility index (Phi) is 3.09. The molecule has 1 aromatic heterocycles. The van der Waals surface area contributed by atoms with Crippen LogP contribution in [-0.4, -0.2) is 35.1 Å². The summed E-state index contributed by atoms with van der Waals surface area (Å²) >= 11 is 0. The van der Waals surface area contributed by atoms with E-state index in [2.05, 4.69) is 5.10 Å². The summed E-state index contributed by atoms with van der Waals surface area (Å²) in [6, 6.07) is 0. The molecule has 0 atom stereocenters. The van der Waals surface area contributed by atoms with Gasteiger partial charge in [0.15, 0.2) is 5.69 Å². The van der Waals surface area contributed by atoms with Gasteiger partial charge in [-0.05, 0) is 0 Å². The molecule has 1 fully saturated rings. The normalized spacial score (nSPS) is 17.3. The van der Waals surface area contributed by atoms with Gasteiger partial charge in [0.1, 0.15) is 6.10 Å². The van der Waals surface area contributed by atoms with E-state index in [1.54, 1.807) is 13.2 Å². The molecule has 0 saturated carbocycles. The van der Waals surface area contributed by atoms with Gasteiger partial charge in [0.2, 0.25) is 0 Å². The number of ether oxygens (including phenoxy) is 2. The van der Waals surface area contributed by atoms with Crippen LogP contribution in [0.3, 0.4) is 0 Å². The summed E-state index contributed by atoms with van der Waals surface area (Å²) < 4.78 is 12.0. The molecule has 1 saturated heterocycles. The molecule has 2 rings (SSSR count). The molecule has 1 aliphatic rings. The second-order valence-corrected chi connectivity index (χ2v) is 3.82. The fraction of sp³-hybridized carbons (Fsp3) is 0.600. The van der Waals surface area contributed by atoms with Crippen molar-refractivity contribution in [2.24, 2.45) is 7.05 Å². The molecular weight excluding hydrogens is 210 g/mol. The Bertz CT molecular complexity index is 383. The summed E-state index contributed by atoms with van der Waals surface area (Å²) in [4.78, 5) is 11.7. The van der Waals surface area contributed by atoms with E-state index >= 15 is 0 Å². The van der Waals surface area contributed by atoms with Gasteiger partial charge in [0, 0.05) is 26.1 Å².